The maximum absolute atomic E-state index is 5.88. The number of benzene rings is 1. The minimum atomic E-state index is 0.564. The van der Waals surface area contributed by atoms with Crippen LogP contribution in [0.1, 0.15) is 24.1 Å². The van der Waals surface area contributed by atoms with E-state index in [1.54, 1.807) is 0 Å². The van der Waals surface area contributed by atoms with Crippen molar-refractivity contribution in [2.75, 3.05) is 17.2 Å². The maximum Gasteiger partial charge on any atom is 0.225 e. The van der Waals surface area contributed by atoms with Crippen LogP contribution >= 0.6 is 11.6 Å². The zero-order valence-electron chi connectivity index (χ0n) is 12.1. The summed E-state index contributed by atoms with van der Waals surface area (Å²) in [5.74, 6) is 1.60. The van der Waals surface area contributed by atoms with Gasteiger partial charge in [-0.1, -0.05) is 23.7 Å². The van der Waals surface area contributed by atoms with Crippen molar-refractivity contribution in [2.24, 2.45) is 0 Å². The number of nitrogens with zero attached hydrogens (tertiary/aromatic N) is 2. The summed E-state index contributed by atoms with van der Waals surface area (Å²) < 4.78 is 0. The summed E-state index contributed by atoms with van der Waals surface area (Å²) in [6, 6.07) is 10.5. The fraction of sp³-hybridized carbons (Fsp3) is 0.375. The Bertz CT molecular complexity index is 608. The Balaban J connectivity index is 1.56. The Morgan fingerprint density at radius 2 is 1.95 bits per heavy atom. The largest absolute Gasteiger partial charge is 0.370 e. The van der Waals surface area contributed by atoms with Crippen molar-refractivity contribution in [1.82, 2.24) is 9.97 Å². The molecule has 0 radical (unpaired) electrons. The molecule has 0 aliphatic heterocycles. The van der Waals surface area contributed by atoms with E-state index in [-0.39, 0.29) is 0 Å². The molecule has 0 unspecified atom stereocenters. The highest BCUT2D eigenvalue weighted by Gasteiger charge is 2.22. The van der Waals surface area contributed by atoms with Gasteiger partial charge in [0.25, 0.3) is 0 Å². The predicted octanol–water partition coefficient (Wildman–Crippen LogP) is 3.67. The monoisotopic (exact) mass is 302 g/mol. The standard InChI is InChI=1S/C16H19ClN4/c1-11-10-15(21-16(19-11)20-14-6-7-14)18-9-8-12-2-4-13(17)5-3-12/h2-5,10,14H,6-9H2,1H3,(H2,18,19,20,21). The number of halogens is 1. The summed E-state index contributed by atoms with van der Waals surface area (Å²) >= 11 is 5.88. The molecule has 0 bridgehead atoms. The van der Waals surface area contributed by atoms with E-state index in [4.69, 9.17) is 11.6 Å². The lowest BCUT2D eigenvalue weighted by atomic mass is 10.1. The molecule has 2 aromatic rings. The van der Waals surface area contributed by atoms with E-state index in [0.29, 0.717) is 6.04 Å². The molecule has 0 spiro atoms. The van der Waals surface area contributed by atoms with Gasteiger partial charge in [-0.05, 0) is 43.9 Å². The average Bonchev–Trinajstić information content (AvgIpc) is 3.24. The van der Waals surface area contributed by atoms with Crippen LogP contribution < -0.4 is 10.6 Å². The molecule has 1 aliphatic rings. The second-order valence-electron chi connectivity index (χ2n) is 5.44. The van der Waals surface area contributed by atoms with Crippen molar-refractivity contribution in [3.63, 3.8) is 0 Å². The van der Waals surface area contributed by atoms with E-state index in [1.807, 2.05) is 25.1 Å². The number of rotatable bonds is 6. The van der Waals surface area contributed by atoms with Gasteiger partial charge in [-0.3, -0.25) is 0 Å². The van der Waals surface area contributed by atoms with Gasteiger partial charge in [0.05, 0.1) is 0 Å². The fourth-order valence-corrected chi connectivity index (χ4v) is 2.25. The summed E-state index contributed by atoms with van der Waals surface area (Å²) in [7, 11) is 0. The Hall–Kier alpha value is -1.81. The van der Waals surface area contributed by atoms with E-state index in [2.05, 4.69) is 32.7 Å². The summed E-state index contributed by atoms with van der Waals surface area (Å²) in [5, 5.41) is 7.47. The lowest BCUT2D eigenvalue weighted by Crippen LogP contribution is -2.11. The molecular weight excluding hydrogens is 284 g/mol. The number of aryl methyl sites for hydroxylation is 1. The molecule has 1 aromatic carbocycles. The van der Waals surface area contributed by atoms with Gasteiger partial charge >= 0.3 is 0 Å². The van der Waals surface area contributed by atoms with Gasteiger partial charge in [0, 0.05) is 29.4 Å². The summed E-state index contributed by atoms with van der Waals surface area (Å²) in [6.07, 6.45) is 3.37. The second-order valence-corrected chi connectivity index (χ2v) is 5.88. The molecule has 21 heavy (non-hydrogen) atoms. The summed E-state index contributed by atoms with van der Waals surface area (Å²) in [4.78, 5) is 8.92. The van der Waals surface area contributed by atoms with Crippen LogP contribution in [0.2, 0.25) is 5.02 Å². The van der Waals surface area contributed by atoms with Crippen LogP contribution in [-0.2, 0) is 6.42 Å². The highest BCUT2D eigenvalue weighted by atomic mass is 35.5. The zero-order chi connectivity index (χ0) is 14.7. The van der Waals surface area contributed by atoms with Crippen molar-refractivity contribution in [1.29, 1.82) is 0 Å². The Labute approximate surface area is 130 Å². The lowest BCUT2D eigenvalue weighted by molar-refractivity contribution is 0.981. The maximum atomic E-state index is 5.88. The third-order valence-corrected chi connectivity index (χ3v) is 3.65. The minimum absolute atomic E-state index is 0.564. The quantitative estimate of drug-likeness (QED) is 0.855. The lowest BCUT2D eigenvalue weighted by Gasteiger charge is -2.09. The SMILES string of the molecule is Cc1cc(NCCc2ccc(Cl)cc2)nc(NC2CC2)n1. The first-order chi connectivity index (χ1) is 10.2. The zero-order valence-corrected chi connectivity index (χ0v) is 12.8. The molecule has 1 saturated carbocycles. The number of hydrogen-bond acceptors (Lipinski definition) is 4. The van der Waals surface area contributed by atoms with Gasteiger partial charge in [-0.25, -0.2) is 4.98 Å². The molecule has 5 heteroatoms. The molecule has 2 N–H and O–H groups in total. The second kappa shape index (κ2) is 6.31. The van der Waals surface area contributed by atoms with Crippen LogP contribution in [0, 0.1) is 6.92 Å². The molecular formula is C16H19ClN4. The summed E-state index contributed by atoms with van der Waals surface area (Å²) in [5.41, 5.74) is 2.23. The molecule has 4 nitrogen and oxygen atoms in total. The molecule has 110 valence electrons. The van der Waals surface area contributed by atoms with E-state index >= 15 is 0 Å². The number of anilines is 2. The normalized spacial score (nSPS) is 14.0. The topological polar surface area (TPSA) is 49.8 Å². The van der Waals surface area contributed by atoms with Crippen LogP contribution in [0.5, 0.6) is 0 Å². The van der Waals surface area contributed by atoms with Gasteiger partial charge in [0.2, 0.25) is 5.95 Å². The van der Waals surface area contributed by atoms with Gasteiger partial charge in [-0.2, -0.15) is 4.98 Å². The van der Waals surface area contributed by atoms with Crippen LogP contribution in [0.4, 0.5) is 11.8 Å². The van der Waals surface area contributed by atoms with E-state index in [1.165, 1.54) is 18.4 Å². The van der Waals surface area contributed by atoms with Gasteiger partial charge in [0.1, 0.15) is 5.82 Å². The third-order valence-electron chi connectivity index (χ3n) is 3.40. The van der Waals surface area contributed by atoms with Crippen LogP contribution in [-0.4, -0.2) is 22.6 Å². The van der Waals surface area contributed by atoms with Crippen LogP contribution in [0.3, 0.4) is 0 Å². The van der Waals surface area contributed by atoms with E-state index in [0.717, 1.165) is 35.4 Å². The smallest absolute Gasteiger partial charge is 0.225 e. The molecule has 0 atom stereocenters. The summed E-state index contributed by atoms with van der Waals surface area (Å²) in [6.45, 7) is 2.82. The minimum Gasteiger partial charge on any atom is -0.370 e. The Kier molecular flexibility index (Phi) is 4.25. The molecule has 0 amide bonds. The highest BCUT2D eigenvalue weighted by Crippen LogP contribution is 2.23. The molecule has 0 saturated heterocycles. The van der Waals surface area contributed by atoms with Crippen molar-refractivity contribution in [3.05, 3.63) is 46.6 Å². The van der Waals surface area contributed by atoms with Gasteiger partial charge in [-0.15, -0.1) is 0 Å². The van der Waals surface area contributed by atoms with Gasteiger partial charge < -0.3 is 10.6 Å². The van der Waals surface area contributed by atoms with Crippen LogP contribution in [0.15, 0.2) is 30.3 Å². The predicted molar refractivity (Wildman–Crippen MR) is 87.1 cm³/mol. The Morgan fingerprint density at radius 3 is 2.67 bits per heavy atom. The molecule has 1 aromatic heterocycles. The van der Waals surface area contributed by atoms with Crippen molar-refractivity contribution >= 4 is 23.4 Å². The first kappa shape index (κ1) is 14.1. The highest BCUT2D eigenvalue weighted by molar-refractivity contribution is 6.30. The molecule has 3 rings (SSSR count). The average molecular weight is 303 g/mol. The molecule has 1 heterocycles. The van der Waals surface area contributed by atoms with E-state index in [9.17, 15) is 0 Å². The number of nitrogens with one attached hydrogen (secondary N) is 2. The first-order valence-electron chi connectivity index (χ1n) is 7.29. The van der Waals surface area contributed by atoms with E-state index < -0.39 is 0 Å². The molecule has 1 aliphatic carbocycles. The number of hydrogen-bond donors (Lipinski definition) is 2. The van der Waals surface area contributed by atoms with Crippen molar-refractivity contribution in [2.45, 2.75) is 32.2 Å². The fourth-order valence-electron chi connectivity index (χ4n) is 2.12. The van der Waals surface area contributed by atoms with Crippen molar-refractivity contribution in [3.8, 4) is 0 Å². The van der Waals surface area contributed by atoms with Crippen LogP contribution in [0.25, 0.3) is 0 Å². The Morgan fingerprint density at radius 1 is 1.19 bits per heavy atom. The van der Waals surface area contributed by atoms with Gasteiger partial charge in [0.15, 0.2) is 0 Å². The first-order valence-corrected chi connectivity index (χ1v) is 7.67. The number of aromatic nitrogens is 2. The third kappa shape index (κ3) is 4.33. The van der Waals surface area contributed by atoms with Crippen molar-refractivity contribution < 1.29 is 0 Å². The molecule has 1 fully saturated rings.